The number of hydrogen-bond donors (Lipinski definition) is 0. The first-order valence-corrected chi connectivity index (χ1v) is 6.22. The van der Waals surface area contributed by atoms with Gasteiger partial charge in [-0.05, 0) is 37.3 Å². The van der Waals surface area contributed by atoms with Gasteiger partial charge >= 0.3 is 0 Å². The van der Waals surface area contributed by atoms with Gasteiger partial charge in [-0.25, -0.2) is 9.29 Å². The molecule has 0 radical (unpaired) electrons. The molecule has 1 aliphatic heterocycles. The number of aryl methyl sites for hydroxylation is 1. The number of carbonyl (C=O) groups is 2. The number of nitriles is 1. The summed E-state index contributed by atoms with van der Waals surface area (Å²) in [6, 6.07) is 10.1. The predicted molar refractivity (Wildman–Crippen MR) is 73.4 cm³/mol. The van der Waals surface area contributed by atoms with E-state index in [1.807, 2.05) is 6.92 Å². The minimum atomic E-state index is -0.595. The second-order valence-electron chi connectivity index (χ2n) is 4.77. The minimum Gasteiger partial charge on any atom is -0.268 e. The maximum absolute atomic E-state index is 13.2. The van der Waals surface area contributed by atoms with Gasteiger partial charge in [0.05, 0.1) is 22.4 Å². The Balaban J connectivity index is 2.17. The Morgan fingerprint density at radius 1 is 1.05 bits per heavy atom. The molecule has 1 aliphatic rings. The Labute approximate surface area is 120 Å². The molecule has 2 amide bonds. The van der Waals surface area contributed by atoms with E-state index in [4.69, 9.17) is 5.26 Å². The molecule has 0 atom stereocenters. The van der Waals surface area contributed by atoms with E-state index in [9.17, 15) is 14.0 Å². The van der Waals surface area contributed by atoms with Gasteiger partial charge in [0.1, 0.15) is 11.9 Å². The van der Waals surface area contributed by atoms with Crippen LogP contribution in [0.2, 0.25) is 0 Å². The van der Waals surface area contributed by atoms with Crippen LogP contribution in [0.5, 0.6) is 0 Å². The number of nitrogens with zero attached hydrogens (tertiary/aromatic N) is 2. The van der Waals surface area contributed by atoms with Gasteiger partial charge in [0.15, 0.2) is 0 Å². The molecule has 0 saturated carbocycles. The van der Waals surface area contributed by atoms with Gasteiger partial charge in [0.2, 0.25) is 0 Å². The van der Waals surface area contributed by atoms with Crippen molar-refractivity contribution in [2.75, 3.05) is 4.90 Å². The lowest BCUT2D eigenvalue weighted by Crippen LogP contribution is -2.30. The smallest absolute Gasteiger partial charge is 0.266 e. The van der Waals surface area contributed by atoms with Gasteiger partial charge in [-0.1, -0.05) is 11.6 Å². The Kier molecular flexibility index (Phi) is 2.80. The van der Waals surface area contributed by atoms with Crippen molar-refractivity contribution in [2.24, 2.45) is 0 Å². The molecule has 2 aromatic rings. The summed E-state index contributed by atoms with van der Waals surface area (Å²) in [5.74, 6) is -1.59. The fraction of sp³-hybridized carbons (Fsp3) is 0.0625. The first-order chi connectivity index (χ1) is 10.0. The maximum Gasteiger partial charge on any atom is 0.266 e. The summed E-state index contributed by atoms with van der Waals surface area (Å²) in [7, 11) is 0. The third kappa shape index (κ3) is 1.89. The van der Waals surface area contributed by atoms with Crippen molar-refractivity contribution in [1.29, 1.82) is 5.26 Å². The Morgan fingerprint density at radius 3 is 2.48 bits per heavy atom. The average molecular weight is 280 g/mol. The number of benzene rings is 2. The van der Waals surface area contributed by atoms with Crippen molar-refractivity contribution in [3.8, 4) is 6.07 Å². The zero-order valence-electron chi connectivity index (χ0n) is 11.1. The number of anilines is 1. The molecule has 3 rings (SSSR count). The maximum atomic E-state index is 13.2. The van der Waals surface area contributed by atoms with Crippen LogP contribution in [0.3, 0.4) is 0 Å². The van der Waals surface area contributed by atoms with Crippen LogP contribution in [-0.4, -0.2) is 11.8 Å². The number of hydrogen-bond acceptors (Lipinski definition) is 3. The molecule has 2 aromatic carbocycles. The molecule has 0 N–H and O–H groups in total. The van der Waals surface area contributed by atoms with Crippen molar-refractivity contribution in [2.45, 2.75) is 6.92 Å². The molecular formula is C16H9FN2O2. The molecule has 102 valence electrons. The van der Waals surface area contributed by atoms with Crippen LogP contribution in [-0.2, 0) is 0 Å². The van der Waals surface area contributed by atoms with E-state index < -0.39 is 17.6 Å². The van der Waals surface area contributed by atoms with Gasteiger partial charge in [-0.3, -0.25) is 9.59 Å². The molecule has 0 fully saturated rings. The van der Waals surface area contributed by atoms with Crippen LogP contribution in [0.25, 0.3) is 0 Å². The highest BCUT2D eigenvalue weighted by Gasteiger charge is 2.37. The molecule has 0 aliphatic carbocycles. The quantitative estimate of drug-likeness (QED) is 0.755. The number of halogens is 1. The van der Waals surface area contributed by atoms with E-state index in [2.05, 4.69) is 0 Å². The highest BCUT2D eigenvalue weighted by atomic mass is 19.1. The zero-order valence-corrected chi connectivity index (χ0v) is 11.1. The molecule has 0 aromatic heterocycles. The number of carbonyl (C=O) groups excluding carboxylic acids is 2. The first kappa shape index (κ1) is 13.0. The van der Waals surface area contributed by atoms with Crippen LogP contribution >= 0.6 is 0 Å². The number of amides is 2. The Morgan fingerprint density at radius 2 is 1.76 bits per heavy atom. The minimum absolute atomic E-state index is 0.0544. The van der Waals surface area contributed by atoms with Crippen LogP contribution in [0.15, 0.2) is 36.4 Å². The largest absolute Gasteiger partial charge is 0.268 e. The van der Waals surface area contributed by atoms with Crippen molar-refractivity contribution >= 4 is 17.5 Å². The fourth-order valence-corrected chi connectivity index (χ4v) is 2.37. The van der Waals surface area contributed by atoms with E-state index >= 15 is 0 Å². The molecule has 0 saturated heterocycles. The molecule has 0 unspecified atom stereocenters. The fourth-order valence-electron chi connectivity index (χ4n) is 2.37. The summed E-state index contributed by atoms with van der Waals surface area (Å²) >= 11 is 0. The topological polar surface area (TPSA) is 61.2 Å². The van der Waals surface area contributed by atoms with E-state index in [0.717, 1.165) is 22.6 Å². The van der Waals surface area contributed by atoms with Gasteiger partial charge in [-0.15, -0.1) is 0 Å². The second kappa shape index (κ2) is 4.53. The van der Waals surface area contributed by atoms with Crippen molar-refractivity contribution in [3.05, 3.63) is 64.5 Å². The second-order valence-corrected chi connectivity index (χ2v) is 4.77. The summed E-state index contributed by atoms with van der Waals surface area (Å²) in [5, 5.41) is 9.07. The summed E-state index contributed by atoms with van der Waals surface area (Å²) in [4.78, 5) is 25.7. The Hall–Kier alpha value is -3.00. The van der Waals surface area contributed by atoms with Gasteiger partial charge in [0.25, 0.3) is 11.8 Å². The van der Waals surface area contributed by atoms with Gasteiger partial charge in [0, 0.05) is 0 Å². The molecular weight excluding hydrogens is 271 g/mol. The molecule has 1 heterocycles. The highest BCUT2D eigenvalue weighted by molar-refractivity contribution is 6.34. The lowest BCUT2D eigenvalue weighted by Gasteiger charge is -2.15. The molecule has 5 heteroatoms. The van der Waals surface area contributed by atoms with E-state index in [-0.39, 0.29) is 11.3 Å². The standard InChI is InChI=1S/C16H9FN2O2/c1-9-2-4-12-13(6-9)16(21)19(15(12)20)14-5-3-11(17)7-10(14)8-18/h2-7H,1H3. The summed E-state index contributed by atoms with van der Waals surface area (Å²) < 4.78 is 13.2. The average Bonchev–Trinajstić information content (AvgIpc) is 2.71. The van der Waals surface area contributed by atoms with E-state index in [1.165, 1.54) is 6.07 Å². The Bertz CT molecular complexity index is 837. The van der Waals surface area contributed by atoms with Crippen molar-refractivity contribution < 1.29 is 14.0 Å². The summed E-state index contributed by atoms with van der Waals surface area (Å²) in [5.41, 5.74) is 1.49. The third-order valence-electron chi connectivity index (χ3n) is 3.36. The summed E-state index contributed by atoms with van der Waals surface area (Å²) in [6.45, 7) is 1.82. The van der Waals surface area contributed by atoms with Crippen LogP contribution in [0.4, 0.5) is 10.1 Å². The van der Waals surface area contributed by atoms with Crippen LogP contribution in [0, 0.1) is 24.1 Å². The molecule has 4 nitrogen and oxygen atoms in total. The molecule has 0 bridgehead atoms. The van der Waals surface area contributed by atoms with Crippen molar-refractivity contribution in [3.63, 3.8) is 0 Å². The number of rotatable bonds is 1. The molecule has 21 heavy (non-hydrogen) atoms. The van der Waals surface area contributed by atoms with Gasteiger partial charge < -0.3 is 0 Å². The predicted octanol–water partition coefficient (Wildman–Crippen LogP) is 2.81. The monoisotopic (exact) mass is 280 g/mol. The lowest BCUT2D eigenvalue weighted by molar-refractivity contribution is 0.0926. The van der Waals surface area contributed by atoms with E-state index in [1.54, 1.807) is 24.3 Å². The van der Waals surface area contributed by atoms with E-state index in [0.29, 0.717) is 11.1 Å². The zero-order chi connectivity index (χ0) is 15.1. The lowest BCUT2D eigenvalue weighted by atomic mass is 10.1. The normalized spacial score (nSPS) is 13.3. The first-order valence-electron chi connectivity index (χ1n) is 6.22. The van der Waals surface area contributed by atoms with Crippen LogP contribution < -0.4 is 4.90 Å². The highest BCUT2D eigenvalue weighted by Crippen LogP contribution is 2.31. The third-order valence-corrected chi connectivity index (χ3v) is 3.36. The van der Waals surface area contributed by atoms with Crippen molar-refractivity contribution in [1.82, 2.24) is 0 Å². The number of fused-ring (bicyclic) bond motifs is 1. The van der Waals surface area contributed by atoms with Gasteiger partial charge in [-0.2, -0.15) is 5.26 Å². The number of imide groups is 1. The SMILES string of the molecule is Cc1ccc2c(c1)C(=O)N(c1ccc(F)cc1C#N)C2=O. The molecule has 0 spiro atoms. The van der Waals surface area contributed by atoms with Crippen LogP contribution in [0.1, 0.15) is 31.8 Å². The summed E-state index contributed by atoms with van der Waals surface area (Å²) in [6.07, 6.45) is 0.